The van der Waals surface area contributed by atoms with E-state index in [-0.39, 0.29) is 12.1 Å². The van der Waals surface area contributed by atoms with Gasteiger partial charge in [0, 0.05) is 6.92 Å². The van der Waals surface area contributed by atoms with Crippen molar-refractivity contribution in [2.75, 3.05) is 0 Å². The summed E-state index contributed by atoms with van der Waals surface area (Å²) >= 11 is 0. The van der Waals surface area contributed by atoms with Crippen molar-refractivity contribution in [2.24, 2.45) is 52.3 Å². The van der Waals surface area contributed by atoms with Crippen LogP contribution in [0.25, 0.3) is 0 Å². The van der Waals surface area contributed by atoms with Crippen molar-refractivity contribution in [2.45, 2.75) is 125 Å². The first-order valence-corrected chi connectivity index (χ1v) is 13.8. The van der Waals surface area contributed by atoms with E-state index in [0.29, 0.717) is 10.8 Å². The molecule has 0 bridgehead atoms. The lowest BCUT2D eigenvalue weighted by Crippen LogP contribution is -2.54. The summed E-state index contributed by atoms with van der Waals surface area (Å²) in [7, 11) is 0. The quantitative estimate of drug-likeness (QED) is 0.398. The largest absolute Gasteiger partial charge is 0.463 e. The fraction of sp³-hybridized carbons (Fsp3) is 0.966. The minimum Gasteiger partial charge on any atom is -0.463 e. The molecule has 0 heterocycles. The molecule has 4 aliphatic rings. The second kappa shape index (κ2) is 9.02. The van der Waals surface area contributed by atoms with Crippen molar-refractivity contribution in [1.82, 2.24) is 0 Å². The molecule has 0 N–H and O–H groups in total. The van der Waals surface area contributed by atoms with Crippen molar-refractivity contribution in [3.05, 3.63) is 0 Å². The van der Waals surface area contributed by atoms with Crippen LogP contribution >= 0.6 is 0 Å². The molecule has 9 atom stereocenters. The molecule has 0 saturated heterocycles. The van der Waals surface area contributed by atoms with Crippen molar-refractivity contribution in [3.8, 4) is 0 Å². The monoisotopic (exact) mass is 430 g/mol. The maximum Gasteiger partial charge on any atom is 0.302 e. The third-order valence-corrected chi connectivity index (χ3v) is 11.2. The Bertz CT molecular complexity index is 641. The summed E-state index contributed by atoms with van der Waals surface area (Å²) in [5.41, 5.74) is 1.08. The van der Waals surface area contributed by atoms with E-state index in [1.54, 1.807) is 6.92 Å². The number of ether oxygens (including phenoxy) is 1. The molecule has 4 aliphatic carbocycles. The van der Waals surface area contributed by atoms with Gasteiger partial charge in [0.2, 0.25) is 0 Å². The molecule has 4 saturated carbocycles. The Hall–Kier alpha value is -0.530. The molecule has 178 valence electrons. The van der Waals surface area contributed by atoms with Crippen molar-refractivity contribution in [1.29, 1.82) is 0 Å². The van der Waals surface area contributed by atoms with Crippen molar-refractivity contribution < 1.29 is 9.53 Å². The lowest BCUT2D eigenvalue weighted by atomic mass is 9.44. The van der Waals surface area contributed by atoms with Gasteiger partial charge >= 0.3 is 5.97 Å². The second-order valence-corrected chi connectivity index (χ2v) is 13.2. The summed E-state index contributed by atoms with van der Waals surface area (Å²) in [6.07, 6.45) is 16.6. The molecule has 0 aromatic rings. The molecule has 2 nitrogen and oxygen atoms in total. The number of carbonyl (C=O) groups excluding carboxylic acids is 1. The number of carbonyl (C=O) groups is 1. The summed E-state index contributed by atoms with van der Waals surface area (Å²) in [6.45, 7) is 14.2. The normalized spacial score (nSPS) is 45.5. The average Bonchev–Trinajstić information content (AvgIpc) is 3.05. The van der Waals surface area contributed by atoms with Crippen LogP contribution in [0.2, 0.25) is 0 Å². The number of esters is 1. The van der Waals surface area contributed by atoms with Crippen LogP contribution in [0.1, 0.15) is 119 Å². The van der Waals surface area contributed by atoms with Gasteiger partial charge in [-0.1, -0.05) is 53.9 Å². The molecular weight excluding hydrogens is 380 g/mol. The highest BCUT2D eigenvalue weighted by Crippen LogP contribution is 2.68. The molecular formula is C29H50O2. The molecule has 0 spiro atoms. The van der Waals surface area contributed by atoms with Gasteiger partial charge in [0.1, 0.15) is 6.10 Å². The Morgan fingerprint density at radius 2 is 1.61 bits per heavy atom. The van der Waals surface area contributed by atoms with Crippen LogP contribution in [0.15, 0.2) is 0 Å². The first kappa shape index (κ1) is 23.6. The molecule has 0 amide bonds. The van der Waals surface area contributed by atoms with E-state index >= 15 is 0 Å². The standard InChI is InChI=1S/C29H50O2/c1-19(2)8-7-9-20(3)25-12-13-26-24-11-10-22-18-23(31-21(4)30)14-16-28(22,5)27(24)15-17-29(25,26)6/h19-20,22-27H,7-18H2,1-6H3/t20-,22+,23-,24+,25-,26+,27+,28+,29-/m1/s1. The Kier molecular flexibility index (Phi) is 6.87. The minimum atomic E-state index is -0.0877. The van der Waals surface area contributed by atoms with Gasteiger partial charge in [-0.05, 0) is 110 Å². The van der Waals surface area contributed by atoms with E-state index in [4.69, 9.17) is 4.74 Å². The number of hydrogen-bond donors (Lipinski definition) is 0. The number of rotatable bonds is 6. The second-order valence-electron chi connectivity index (χ2n) is 13.2. The fourth-order valence-electron chi connectivity index (χ4n) is 9.59. The maximum absolute atomic E-state index is 11.5. The Balaban J connectivity index is 1.43. The predicted octanol–water partition coefficient (Wildman–Crippen LogP) is 8.04. The van der Waals surface area contributed by atoms with Gasteiger partial charge < -0.3 is 4.74 Å². The lowest BCUT2D eigenvalue weighted by Gasteiger charge is -2.61. The van der Waals surface area contributed by atoms with E-state index in [1.807, 2.05) is 0 Å². The third-order valence-electron chi connectivity index (χ3n) is 11.2. The highest BCUT2D eigenvalue weighted by molar-refractivity contribution is 5.66. The topological polar surface area (TPSA) is 26.3 Å². The van der Waals surface area contributed by atoms with Gasteiger partial charge in [0.05, 0.1) is 0 Å². The van der Waals surface area contributed by atoms with Crippen LogP contribution in [-0.2, 0) is 9.53 Å². The van der Waals surface area contributed by atoms with Crippen LogP contribution in [0, 0.1) is 52.3 Å². The summed E-state index contributed by atoms with van der Waals surface area (Å²) in [4.78, 5) is 11.5. The van der Waals surface area contributed by atoms with Gasteiger partial charge in [-0.25, -0.2) is 0 Å². The van der Waals surface area contributed by atoms with Gasteiger partial charge in [0.25, 0.3) is 0 Å². The van der Waals surface area contributed by atoms with Crippen LogP contribution < -0.4 is 0 Å². The third kappa shape index (κ3) is 4.35. The summed E-state index contributed by atoms with van der Waals surface area (Å²) in [6, 6.07) is 0. The van der Waals surface area contributed by atoms with E-state index in [2.05, 4.69) is 34.6 Å². The molecule has 0 aliphatic heterocycles. The first-order valence-electron chi connectivity index (χ1n) is 13.8. The zero-order valence-electron chi connectivity index (χ0n) is 21.4. The number of fused-ring (bicyclic) bond motifs is 5. The molecule has 0 aromatic carbocycles. The summed E-state index contributed by atoms with van der Waals surface area (Å²) in [5.74, 6) is 6.22. The van der Waals surface area contributed by atoms with Crippen molar-refractivity contribution >= 4 is 5.97 Å². The minimum absolute atomic E-state index is 0.0877. The van der Waals surface area contributed by atoms with Crippen LogP contribution in [0.5, 0.6) is 0 Å². The molecule has 0 radical (unpaired) electrons. The van der Waals surface area contributed by atoms with Gasteiger partial charge in [-0.3, -0.25) is 4.79 Å². The SMILES string of the molecule is CC(=O)O[C@@H]1CC[C@@]2(C)[C@@H](CC[C@@H]3[C@@H]2CC[C@]2(C)[C@@H]([C@H](C)CCCC(C)C)CC[C@@H]32)C1. The molecule has 31 heavy (non-hydrogen) atoms. The summed E-state index contributed by atoms with van der Waals surface area (Å²) in [5, 5.41) is 0. The highest BCUT2D eigenvalue weighted by atomic mass is 16.5. The molecule has 4 fully saturated rings. The lowest BCUT2D eigenvalue weighted by molar-refractivity contribution is -0.160. The van der Waals surface area contributed by atoms with Gasteiger partial charge in [0.15, 0.2) is 0 Å². The Labute approximate surface area is 192 Å². The highest BCUT2D eigenvalue weighted by Gasteiger charge is 2.60. The zero-order chi connectivity index (χ0) is 22.4. The molecule has 0 aromatic heterocycles. The predicted molar refractivity (Wildman–Crippen MR) is 129 cm³/mol. The van der Waals surface area contributed by atoms with E-state index in [0.717, 1.165) is 54.3 Å². The molecule has 0 unspecified atom stereocenters. The van der Waals surface area contributed by atoms with Gasteiger partial charge in [-0.2, -0.15) is 0 Å². The Morgan fingerprint density at radius 3 is 2.32 bits per heavy atom. The maximum atomic E-state index is 11.5. The van der Waals surface area contributed by atoms with E-state index in [1.165, 1.54) is 64.2 Å². The van der Waals surface area contributed by atoms with Crippen molar-refractivity contribution in [3.63, 3.8) is 0 Å². The van der Waals surface area contributed by atoms with Crippen LogP contribution in [-0.4, -0.2) is 12.1 Å². The molecule has 4 rings (SSSR count). The zero-order valence-corrected chi connectivity index (χ0v) is 21.4. The van der Waals surface area contributed by atoms with E-state index in [9.17, 15) is 4.79 Å². The smallest absolute Gasteiger partial charge is 0.302 e. The number of hydrogen-bond acceptors (Lipinski definition) is 2. The fourth-order valence-corrected chi connectivity index (χ4v) is 9.59. The van der Waals surface area contributed by atoms with E-state index < -0.39 is 0 Å². The van der Waals surface area contributed by atoms with Gasteiger partial charge in [-0.15, -0.1) is 0 Å². The Morgan fingerprint density at radius 1 is 0.903 bits per heavy atom. The molecule has 2 heteroatoms. The summed E-state index contributed by atoms with van der Waals surface area (Å²) < 4.78 is 5.65. The van der Waals surface area contributed by atoms with Crippen LogP contribution in [0.4, 0.5) is 0 Å². The average molecular weight is 431 g/mol. The van der Waals surface area contributed by atoms with Crippen LogP contribution in [0.3, 0.4) is 0 Å². The first-order chi connectivity index (χ1) is 14.6.